The van der Waals surface area contributed by atoms with Gasteiger partial charge in [0.05, 0.1) is 6.07 Å². The van der Waals surface area contributed by atoms with Gasteiger partial charge < -0.3 is 10.2 Å². The first kappa shape index (κ1) is 15.4. The molecule has 0 aliphatic heterocycles. The Morgan fingerprint density at radius 3 is 2.50 bits per heavy atom. The Labute approximate surface area is 101 Å². The van der Waals surface area contributed by atoms with E-state index in [4.69, 9.17) is 5.26 Å². The number of nitriles is 1. The summed E-state index contributed by atoms with van der Waals surface area (Å²) in [6, 6.07) is 2.76. The fourth-order valence-electron chi connectivity index (χ4n) is 1.49. The standard InChI is InChI=1S/C13H27N3/c1-12(7-10-16(4)5)15-11-13(2,3)8-6-9-14/h12,15H,6-8,10-11H2,1-5H3. The SMILES string of the molecule is CC(CCN(C)C)NCC(C)(C)CCC#N. The second-order valence-electron chi connectivity index (χ2n) is 5.70. The molecule has 1 N–H and O–H groups in total. The van der Waals surface area contributed by atoms with Crippen molar-refractivity contribution in [2.24, 2.45) is 5.41 Å². The molecule has 0 aromatic rings. The lowest BCUT2D eigenvalue weighted by molar-refractivity contribution is 0.289. The molecule has 16 heavy (non-hydrogen) atoms. The van der Waals surface area contributed by atoms with Gasteiger partial charge >= 0.3 is 0 Å². The molecule has 3 heteroatoms. The highest BCUT2D eigenvalue weighted by Crippen LogP contribution is 2.20. The summed E-state index contributed by atoms with van der Waals surface area (Å²) < 4.78 is 0. The Morgan fingerprint density at radius 2 is 2.00 bits per heavy atom. The average Bonchev–Trinajstić information content (AvgIpc) is 2.21. The summed E-state index contributed by atoms with van der Waals surface area (Å²) in [6.07, 6.45) is 2.79. The van der Waals surface area contributed by atoms with Gasteiger partial charge in [-0.15, -0.1) is 0 Å². The first-order valence-corrected chi connectivity index (χ1v) is 6.12. The zero-order valence-corrected chi connectivity index (χ0v) is 11.5. The summed E-state index contributed by atoms with van der Waals surface area (Å²) in [5, 5.41) is 12.1. The van der Waals surface area contributed by atoms with E-state index in [9.17, 15) is 0 Å². The molecule has 0 aliphatic carbocycles. The van der Waals surface area contributed by atoms with Crippen LogP contribution in [0.3, 0.4) is 0 Å². The highest BCUT2D eigenvalue weighted by Gasteiger charge is 2.17. The molecular weight excluding hydrogens is 198 g/mol. The molecule has 0 saturated carbocycles. The monoisotopic (exact) mass is 225 g/mol. The molecule has 0 saturated heterocycles. The van der Waals surface area contributed by atoms with Crippen molar-refractivity contribution < 1.29 is 0 Å². The Bertz CT molecular complexity index is 216. The molecule has 1 unspecified atom stereocenters. The molecule has 0 spiro atoms. The normalized spacial score (nSPS) is 13.8. The number of nitrogens with one attached hydrogen (secondary N) is 1. The number of nitrogens with zero attached hydrogens (tertiary/aromatic N) is 2. The van der Waals surface area contributed by atoms with Gasteiger partial charge in [0.25, 0.3) is 0 Å². The average molecular weight is 225 g/mol. The zero-order chi connectivity index (χ0) is 12.6. The second-order valence-corrected chi connectivity index (χ2v) is 5.70. The van der Waals surface area contributed by atoms with Crippen LogP contribution in [-0.4, -0.2) is 38.1 Å². The quantitative estimate of drug-likeness (QED) is 0.688. The van der Waals surface area contributed by atoms with Crippen LogP contribution >= 0.6 is 0 Å². The van der Waals surface area contributed by atoms with Gasteiger partial charge in [-0.1, -0.05) is 13.8 Å². The minimum atomic E-state index is 0.224. The molecule has 0 bridgehead atoms. The van der Waals surface area contributed by atoms with Crippen molar-refractivity contribution in [3.63, 3.8) is 0 Å². The third kappa shape index (κ3) is 8.70. The Morgan fingerprint density at radius 1 is 1.38 bits per heavy atom. The number of rotatable bonds is 8. The maximum Gasteiger partial charge on any atom is 0.0621 e. The van der Waals surface area contributed by atoms with Gasteiger partial charge in [0.1, 0.15) is 0 Å². The molecule has 0 rings (SSSR count). The molecule has 0 aromatic heterocycles. The predicted molar refractivity (Wildman–Crippen MR) is 69.3 cm³/mol. The summed E-state index contributed by atoms with van der Waals surface area (Å²) in [4.78, 5) is 2.21. The topological polar surface area (TPSA) is 39.1 Å². The van der Waals surface area contributed by atoms with Gasteiger partial charge in [-0.05, 0) is 45.8 Å². The van der Waals surface area contributed by atoms with Gasteiger partial charge in [-0.25, -0.2) is 0 Å². The van der Waals surface area contributed by atoms with Crippen LogP contribution in [0, 0.1) is 16.7 Å². The van der Waals surface area contributed by atoms with Crippen LogP contribution in [0.4, 0.5) is 0 Å². The zero-order valence-electron chi connectivity index (χ0n) is 11.5. The van der Waals surface area contributed by atoms with E-state index in [-0.39, 0.29) is 5.41 Å². The fraction of sp³-hybridized carbons (Fsp3) is 0.923. The second kappa shape index (κ2) is 7.65. The summed E-state index contributed by atoms with van der Waals surface area (Å²) in [5.41, 5.74) is 0.224. The van der Waals surface area contributed by atoms with Crippen LogP contribution in [-0.2, 0) is 0 Å². The molecule has 1 atom stereocenters. The van der Waals surface area contributed by atoms with Crippen molar-refractivity contribution in [1.29, 1.82) is 5.26 Å². The van der Waals surface area contributed by atoms with Gasteiger partial charge in [0, 0.05) is 19.0 Å². The van der Waals surface area contributed by atoms with Gasteiger partial charge in [0.15, 0.2) is 0 Å². The van der Waals surface area contributed by atoms with E-state index in [1.54, 1.807) is 0 Å². The molecule has 0 amide bonds. The fourth-order valence-corrected chi connectivity index (χ4v) is 1.49. The highest BCUT2D eigenvalue weighted by atomic mass is 15.1. The first-order chi connectivity index (χ1) is 7.37. The Balaban J connectivity index is 3.73. The molecule has 94 valence electrons. The van der Waals surface area contributed by atoms with Gasteiger partial charge in [-0.2, -0.15) is 5.26 Å². The lowest BCUT2D eigenvalue weighted by atomic mass is 9.88. The van der Waals surface area contributed by atoms with E-state index < -0.39 is 0 Å². The van der Waals surface area contributed by atoms with Gasteiger partial charge in [0.2, 0.25) is 0 Å². The van der Waals surface area contributed by atoms with E-state index in [1.807, 2.05) is 0 Å². The summed E-state index contributed by atoms with van der Waals surface area (Å²) in [6.45, 7) is 8.77. The molecule has 0 radical (unpaired) electrons. The highest BCUT2D eigenvalue weighted by molar-refractivity contribution is 4.79. The lowest BCUT2D eigenvalue weighted by Crippen LogP contribution is -2.37. The summed E-state index contributed by atoms with van der Waals surface area (Å²) in [5.74, 6) is 0. The van der Waals surface area contributed by atoms with Crippen LogP contribution in [0.15, 0.2) is 0 Å². The molecule has 3 nitrogen and oxygen atoms in total. The lowest BCUT2D eigenvalue weighted by Gasteiger charge is -2.26. The molecule has 0 aromatic carbocycles. The third-order valence-electron chi connectivity index (χ3n) is 2.85. The first-order valence-electron chi connectivity index (χ1n) is 6.12. The van der Waals surface area contributed by atoms with Crippen LogP contribution in [0.5, 0.6) is 0 Å². The van der Waals surface area contributed by atoms with Crippen molar-refractivity contribution >= 4 is 0 Å². The maximum atomic E-state index is 8.58. The summed E-state index contributed by atoms with van der Waals surface area (Å²) >= 11 is 0. The number of hydrogen-bond donors (Lipinski definition) is 1. The van der Waals surface area contributed by atoms with E-state index in [1.165, 1.54) is 6.42 Å². The minimum Gasteiger partial charge on any atom is -0.314 e. The van der Waals surface area contributed by atoms with E-state index in [0.29, 0.717) is 12.5 Å². The predicted octanol–water partition coefficient (Wildman–Crippen LogP) is 2.25. The summed E-state index contributed by atoms with van der Waals surface area (Å²) in [7, 11) is 4.20. The van der Waals surface area contributed by atoms with E-state index in [0.717, 1.165) is 19.5 Å². The minimum absolute atomic E-state index is 0.224. The molecule has 0 heterocycles. The van der Waals surface area contributed by atoms with Crippen LogP contribution in [0.2, 0.25) is 0 Å². The van der Waals surface area contributed by atoms with Crippen molar-refractivity contribution in [3.8, 4) is 6.07 Å². The van der Waals surface area contributed by atoms with Crippen LogP contribution in [0.1, 0.15) is 40.0 Å². The van der Waals surface area contributed by atoms with Crippen molar-refractivity contribution in [1.82, 2.24) is 10.2 Å². The Hall–Kier alpha value is -0.590. The maximum absolute atomic E-state index is 8.58. The van der Waals surface area contributed by atoms with E-state index >= 15 is 0 Å². The third-order valence-corrected chi connectivity index (χ3v) is 2.85. The molecule has 0 fully saturated rings. The molecule has 0 aliphatic rings. The van der Waals surface area contributed by atoms with Crippen LogP contribution in [0.25, 0.3) is 0 Å². The molecular formula is C13H27N3. The van der Waals surface area contributed by atoms with Crippen molar-refractivity contribution in [3.05, 3.63) is 0 Å². The van der Waals surface area contributed by atoms with Crippen molar-refractivity contribution in [2.75, 3.05) is 27.2 Å². The number of hydrogen-bond acceptors (Lipinski definition) is 3. The van der Waals surface area contributed by atoms with E-state index in [2.05, 4.69) is 51.2 Å². The van der Waals surface area contributed by atoms with Gasteiger partial charge in [-0.3, -0.25) is 0 Å². The smallest absolute Gasteiger partial charge is 0.0621 e. The largest absolute Gasteiger partial charge is 0.314 e. The van der Waals surface area contributed by atoms with Crippen LogP contribution < -0.4 is 5.32 Å². The Kier molecular flexibility index (Phi) is 7.36. The van der Waals surface area contributed by atoms with Crippen molar-refractivity contribution in [2.45, 2.75) is 46.1 Å².